The maximum absolute atomic E-state index is 13.5. The average Bonchev–Trinajstić information content (AvgIpc) is 2.78. The van der Waals surface area contributed by atoms with Crippen molar-refractivity contribution >= 4 is 25.7 Å². The number of morpholine rings is 1. The molecule has 8 nitrogen and oxygen atoms in total. The van der Waals surface area contributed by atoms with Crippen molar-refractivity contribution < 1.29 is 26.3 Å². The molecule has 1 heterocycles. The predicted octanol–water partition coefficient (Wildman–Crippen LogP) is 3.45. The van der Waals surface area contributed by atoms with Crippen LogP contribution in [0.15, 0.2) is 28.0 Å². The van der Waals surface area contributed by atoms with E-state index in [-0.39, 0.29) is 34.3 Å². The Labute approximate surface area is 197 Å². The molecule has 3 rings (SSSR count). The van der Waals surface area contributed by atoms with Crippen LogP contribution in [0.5, 0.6) is 5.75 Å². The molecule has 1 aliphatic rings. The first kappa shape index (κ1) is 25.5. The number of ether oxygens (including phenoxy) is 2. The van der Waals surface area contributed by atoms with Crippen LogP contribution in [0.4, 0.5) is 5.69 Å². The SMILES string of the molecule is CCOc1ccc(S(=O)(=O)N2CCOCC2)cc1NS(=O)(=O)c1c(C)c(C)c(C)c(C)c1C. The van der Waals surface area contributed by atoms with Gasteiger partial charge in [-0.25, -0.2) is 16.8 Å². The van der Waals surface area contributed by atoms with Crippen LogP contribution >= 0.6 is 0 Å². The molecule has 1 N–H and O–H groups in total. The molecule has 2 aromatic rings. The summed E-state index contributed by atoms with van der Waals surface area (Å²) in [6, 6.07) is 4.25. The van der Waals surface area contributed by atoms with Gasteiger partial charge in [0, 0.05) is 13.1 Å². The van der Waals surface area contributed by atoms with E-state index in [9.17, 15) is 16.8 Å². The summed E-state index contributed by atoms with van der Waals surface area (Å²) < 4.78 is 68.1. The van der Waals surface area contributed by atoms with E-state index in [1.807, 2.05) is 20.8 Å². The second kappa shape index (κ2) is 9.61. The minimum Gasteiger partial charge on any atom is -0.492 e. The molecule has 0 aromatic heterocycles. The minimum absolute atomic E-state index is 0.00439. The Morgan fingerprint density at radius 1 is 0.909 bits per heavy atom. The van der Waals surface area contributed by atoms with Crippen molar-refractivity contribution in [3.8, 4) is 5.75 Å². The van der Waals surface area contributed by atoms with Crippen molar-refractivity contribution in [2.75, 3.05) is 37.6 Å². The molecule has 1 saturated heterocycles. The van der Waals surface area contributed by atoms with Crippen molar-refractivity contribution in [3.05, 3.63) is 46.0 Å². The Morgan fingerprint density at radius 3 is 2.00 bits per heavy atom. The van der Waals surface area contributed by atoms with Gasteiger partial charge in [-0.05, 0) is 87.6 Å². The first-order valence-electron chi connectivity index (χ1n) is 10.9. The molecule has 2 aromatic carbocycles. The zero-order valence-electron chi connectivity index (χ0n) is 20.0. The van der Waals surface area contributed by atoms with Crippen molar-refractivity contribution in [1.82, 2.24) is 4.31 Å². The van der Waals surface area contributed by atoms with Crippen LogP contribution in [-0.4, -0.2) is 54.1 Å². The quantitative estimate of drug-likeness (QED) is 0.630. The number of benzene rings is 2. The Bertz CT molecular complexity index is 1240. The van der Waals surface area contributed by atoms with E-state index in [1.165, 1.54) is 22.5 Å². The molecule has 0 atom stereocenters. The standard InChI is InChI=1S/C23H32N2O6S2/c1-7-31-22-9-8-20(33(28,29)25-10-12-30-13-11-25)14-21(22)24-32(26,27)23-18(5)16(3)15(2)17(4)19(23)6/h8-9,14,24H,7,10-13H2,1-6H3. The molecule has 0 spiro atoms. The molecule has 182 valence electrons. The zero-order valence-corrected chi connectivity index (χ0v) is 21.6. The minimum atomic E-state index is -4.02. The highest BCUT2D eigenvalue weighted by Crippen LogP contribution is 2.34. The van der Waals surface area contributed by atoms with E-state index in [4.69, 9.17) is 9.47 Å². The number of anilines is 1. The fourth-order valence-corrected chi connectivity index (χ4v) is 7.13. The van der Waals surface area contributed by atoms with Gasteiger partial charge in [0.05, 0.1) is 35.3 Å². The highest BCUT2D eigenvalue weighted by molar-refractivity contribution is 7.93. The number of sulfonamides is 2. The summed E-state index contributed by atoms with van der Waals surface area (Å²) in [7, 11) is -7.83. The summed E-state index contributed by atoms with van der Waals surface area (Å²) in [4.78, 5) is 0.197. The van der Waals surface area contributed by atoms with Gasteiger partial charge in [0.1, 0.15) is 5.75 Å². The number of rotatable bonds is 7. The lowest BCUT2D eigenvalue weighted by Crippen LogP contribution is -2.40. The van der Waals surface area contributed by atoms with Gasteiger partial charge in [-0.2, -0.15) is 4.31 Å². The molecule has 1 fully saturated rings. The van der Waals surface area contributed by atoms with Crippen LogP contribution in [0.1, 0.15) is 34.7 Å². The Kier molecular flexibility index (Phi) is 7.42. The van der Waals surface area contributed by atoms with Crippen LogP contribution < -0.4 is 9.46 Å². The van der Waals surface area contributed by atoms with Gasteiger partial charge < -0.3 is 9.47 Å². The van der Waals surface area contributed by atoms with Gasteiger partial charge in [0.2, 0.25) is 10.0 Å². The lowest BCUT2D eigenvalue weighted by molar-refractivity contribution is 0.0730. The van der Waals surface area contributed by atoms with E-state index >= 15 is 0 Å². The molecule has 0 bridgehead atoms. The molecule has 0 saturated carbocycles. The largest absolute Gasteiger partial charge is 0.492 e. The first-order valence-corrected chi connectivity index (χ1v) is 13.8. The number of nitrogens with zero attached hydrogens (tertiary/aromatic N) is 1. The molecule has 33 heavy (non-hydrogen) atoms. The summed E-state index contributed by atoms with van der Waals surface area (Å²) in [5.74, 6) is 0.262. The third-order valence-corrected chi connectivity index (χ3v) is 9.84. The van der Waals surface area contributed by atoms with E-state index < -0.39 is 20.0 Å². The van der Waals surface area contributed by atoms with Crippen LogP contribution in [-0.2, 0) is 24.8 Å². The lowest BCUT2D eigenvalue weighted by Gasteiger charge is -2.26. The first-order chi connectivity index (χ1) is 15.4. The molecule has 0 aliphatic carbocycles. The summed E-state index contributed by atoms with van der Waals surface area (Å²) in [5.41, 5.74) is 4.29. The van der Waals surface area contributed by atoms with Gasteiger partial charge in [0.25, 0.3) is 10.0 Å². The van der Waals surface area contributed by atoms with E-state index in [0.29, 0.717) is 30.9 Å². The van der Waals surface area contributed by atoms with Crippen LogP contribution in [0.2, 0.25) is 0 Å². The normalized spacial score (nSPS) is 15.5. The van der Waals surface area contributed by atoms with Gasteiger partial charge in [-0.1, -0.05) is 0 Å². The van der Waals surface area contributed by atoms with E-state index in [1.54, 1.807) is 20.8 Å². The molecule has 0 amide bonds. The fraction of sp³-hybridized carbons (Fsp3) is 0.478. The smallest absolute Gasteiger partial charge is 0.262 e. The van der Waals surface area contributed by atoms with Crippen molar-refractivity contribution in [2.24, 2.45) is 0 Å². The van der Waals surface area contributed by atoms with Crippen LogP contribution in [0, 0.1) is 34.6 Å². The van der Waals surface area contributed by atoms with Crippen molar-refractivity contribution in [1.29, 1.82) is 0 Å². The molecule has 0 unspecified atom stereocenters. The summed E-state index contributed by atoms with van der Waals surface area (Å²) in [6.45, 7) is 12.5. The van der Waals surface area contributed by atoms with Gasteiger partial charge >= 0.3 is 0 Å². The number of hydrogen-bond acceptors (Lipinski definition) is 6. The van der Waals surface area contributed by atoms with Crippen molar-refractivity contribution in [2.45, 2.75) is 51.3 Å². The summed E-state index contributed by atoms with van der Waals surface area (Å²) in [6.07, 6.45) is 0. The second-order valence-electron chi connectivity index (χ2n) is 8.17. The number of nitrogens with one attached hydrogen (secondary N) is 1. The summed E-state index contributed by atoms with van der Waals surface area (Å²) >= 11 is 0. The maximum Gasteiger partial charge on any atom is 0.262 e. The molecule has 0 radical (unpaired) electrons. The van der Waals surface area contributed by atoms with Crippen LogP contribution in [0.3, 0.4) is 0 Å². The predicted molar refractivity (Wildman–Crippen MR) is 128 cm³/mol. The topological polar surface area (TPSA) is 102 Å². The third kappa shape index (κ3) is 4.89. The molecular weight excluding hydrogens is 464 g/mol. The Morgan fingerprint density at radius 2 is 1.45 bits per heavy atom. The van der Waals surface area contributed by atoms with Crippen molar-refractivity contribution in [3.63, 3.8) is 0 Å². The van der Waals surface area contributed by atoms with Gasteiger partial charge in [0.15, 0.2) is 0 Å². The molecule has 1 aliphatic heterocycles. The fourth-order valence-electron chi connectivity index (χ4n) is 4.03. The molecule has 10 heteroatoms. The molecular formula is C23H32N2O6S2. The van der Waals surface area contributed by atoms with Gasteiger partial charge in [-0.3, -0.25) is 4.72 Å². The van der Waals surface area contributed by atoms with E-state index in [0.717, 1.165) is 16.7 Å². The van der Waals surface area contributed by atoms with Crippen LogP contribution in [0.25, 0.3) is 0 Å². The lowest BCUT2D eigenvalue weighted by atomic mass is 9.95. The van der Waals surface area contributed by atoms with E-state index in [2.05, 4.69) is 4.72 Å². The monoisotopic (exact) mass is 496 g/mol. The second-order valence-corrected chi connectivity index (χ2v) is 11.7. The maximum atomic E-state index is 13.5. The Balaban J connectivity index is 2.10. The average molecular weight is 497 g/mol. The highest BCUT2D eigenvalue weighted by atomic mass is 32.2. The third-order valence-electron chi connectivity index (χ3n) is 6.30. The zero-order chi connectivity index (χ0) is 24.6. The van der Waals surface area contributed by atoms with Gasteiger partial charge in [-0.15, -0.1) is 0 Å². The highest BCUT2D eigenvalue weighted by Gasteiger charge is 2.29. The number of hydrogen-bond donors (Lipinski definition) is 1. The Hall–Kier alpha value is -2.14. The summed E-state index contributed by atoms with van der Waals surface area (Å²) in [5, 5.41) is 0.